The molecule has 1 aliphatic rings. The average molecular weight is 449 g/mol. The molecule has 0 amide bonds. The normalized spacial score (nSPS) is 14.2. The smallest absolute Gasteiger partial charge is 0.131 e. The average Bonchev–Trinajstić information content (AvgIpc) is 2.82. The maximum atomic E-state index is 6.39. The van der Waals surface area contributed by atoms with Gasteiger partial charge in [-0.2, -0.15) is 0 Å². The van der Waals surface area contributed by atoms with Gasteiger partial charge in [0.05, 0.1) is 27.0 Å². The monoisotopic (exact) mass is 448 g/mol. The molecular formula is C26H25ClN2O3. The molecule has 2 N–H and O–H groups in total. The minimum atomic E-state index is -0.0151. The standard InChI is InChI=1S/C26H24N2O3.ClH/c1-29-16-13-21(30-2)24(22(14-16)31-3)20-12-15-8-4-5-9-17(15)25-23(20)18-10-6-7-11-19(18)26(27)28-25;/h4-11,13-14,20H,12H2,1-3H3,(H2,27,28);1H. The number of nitrogens with two attached hydrogens (primary N) is 1. The SMILES string of the molecule is COc1cc(OC)c(C2Cc3ccccc3-c3nc(N)c4ccccc4c32)c(OC)c1.Cl. The number of benzene rings is 3. The first-order valence-corrected chi connectivity index (χ1v) is 10.2. The van der Waals surface area contributed by atoms with Crippen molar-refractivity contribution in [2.24, 2.45) is 0 Å². The first kappa shape index (κ1) is 21.8. The maximum Gasteiger partial charge on any atom is 0.131 e. The first-order chi connectivity index (χ1) is 15.2. The summed E-state index contributed by atoms with van der Waals surface area (Å²) in [7, 11) is 4.99. The highest BCUT2D eigenvalue weighted by Gasteiger charge is 2.33. The van der Waals surface area contributed by atoms with E-state index in [4.69, 9.17) is 24.9 Å². The maximum absolute atomic E-state index is 6.39. The molecule has 4 aromatic rings. The third-order valence-electron chi connectivity index (χ3n) is 6.13. The number of fused-ring (bicyclic) bond motifs is 5. The highest BCUT2D eigenvalue weighted by atomic mass is 35.5. The lowest BCUT2D eigenvalue weighted by atomic mass is 9.75. The van der Waals surface area contributed by atoms with Gasteiger partial charge in [-0.15, -0.1) is 12.4 Å². The van der Waals surface area contributed by atoms with Gasteiger partial charge < -0.3 is 19.9 Å². The molecule has 0 saturated heterocycles. The van der Waals surface area contributed by atoms with Crippen LogP contribution in [0.1, 0.15) is 22.6 Å². The van der Waals surface area contributed by atoms with Crippen molar-refractivity contribution in [3.05, 3.63) is 77.4 Å². The minimum absolute atomic E-state index is 0. The van der Waals surface area contributed by atoms with Crippen molar-refractivity contribution in [2.75, 3.05) is 27.1 Å². The Morgan fingerprint density at radius 1 is 0.812 bits per heavy atom. The largest absolute Gasteiger partial charge is 0.496 e. The van der Waals surface area contributed by atoms with Crippen LogP contribution in [0, 0.1) is 0 Å². The lowest BCUT2D eigenvalue weighted by Crippen LogP contribution is -2.17. The number of hydrogen-bond acceptors (Lipinski definition) is 5. The van der Waals surface area contributed by atoms with E-state index >= 15 is 0 Å². The second-order valence-electron chi connectivity index (χ2n) is 7.66. The second-order valence-corrected chi connectivity index (χ2v) is 7.66. The van der Waals surface area contributed by atoms with Crippen LogP contribution in [-0.2, 0) is 6.42 Å². The minimum Gasteiger partial charge on any atom is -0.496 e. The van der Waals surface area contributed by atoms with Crippen LogP contribution in [0.5, 0.6) is 17.2 Å². The second kappa shape index (κ2) is 8.60. The van der Waals surface area contributed by atoms with Gasteiger partial charge in [0.1, 0.15) is 23.1 Å². The summed E-state index contributed by atoms with van der Waals surface area (Å²) in [6, 6.07) is 20.4. The van der Waals surface area contributed by atoms with Crippen LogP contribution in [-0.4, -0.2) is 26.3 Å². The zero-order valence-electron chi connectivity index (χ0n) is 18.2. The van der Waals surface area contributed by atoms with Crippen LogP contribution in [0.15, 0.2) is 60.7 Å². The number of anilines is 1. The number of nitrogen functional groups attached to an aromatic ring is 1. The van der Waals surface area contributed by atoms with Gasteiger partial charge in [0.15, 0.2) is 0 Å². The van der Waals surface area contributed by atoms with Gasteiger partial charge in [0.25, 0.3) is 0 Å². The number of ether oxygens (including phenoxy) is 3. The molecule has 5 rings (SSSR count). The molecule has 1 unspecified atom stereocenters. The van der Waals surface area contributed by atoms with E-state index in [1.165, 1.54) is 5.56 Å². The highest BCUT2D eigenvalue weighted by Crippen LogP contribution is 2.51. The third kappa shape index (κ3) is 3.30. The van der Waals surface area contributed by atoms with Crippen molar-refractivity contribution >= 4 is 29.0 Å². The van der Waals surface area contributed by atoms with E-state index in [1.807, 2.05) is 36.4 Å². The molecule has 0 fully saturated rings. The predicted octanol–water partition coefficient (Wildman–Crippen LogP) is 5.62. The summed E-state index contributed by atoms with van der Waals surface area (Å²) in [4.78, 5) is 4.88. The van der Waals surface area contributed by atoms with E-state index in [1.54, 1.807) is 21.3 Å². The Hall–Kier alpha value is -3.44. The quantitative estimate of drug-likeness (QED) is 0.439. The molecule has 0 aliphatic heterocycles. The van der Waals surface area contributed by atoms with Gasteiger partial charge >= 0.3 is 0 Å². The topological polar surface area (TPSA) is 66.6 Å². The summed E-state index contributed by atoms with van der Waals surface area (Å²) in [5.41, 5.74) is 11.8. The fourth-order valence-electron chi connectivity index (χ4n) is 4.74. The zero-order chi connectivity index (χ0) is 21.5. The fraction of sp³-hybridized carbons (Fsp3) is 0.192. The molecule has 1 aromatic heterocycles. The molecule has 0 radical (unpaired) electrons. The molecule has 1 heterocycles. The van der Waals surface area contributed by atoms with Crippen molar-refractivity contribution in [3.63, 3.8) is 0 Å². The molecule has 32 heavy (non-hydrogen) atoms. The molecule has 1 atom stereocenters. The van der Waals surface area contributed by atoms with E-state index < -0.39 is 0 Å². The molecule has 0 bridgehead atoms. The molecule has 164 valence electrons. The van der Waals surface area contributed by atoms with E-state index in [2.05, 4.69) is 24.3 Å². The Balaban J connectivity index is 0.00000245. The lowest BCUT2D eigenvalue weighted by Gasteiger charge is -2.31. The van der Waals surface area contributed by atoms with Gasteiger partial charge in [-0.1, -0.05) is 48.5 Å². The van der Waals surface area contributed by atoms with Gasteiger partial charge in [-0.25, -0.2) is 4.98 Å². The molecule has 5 nitrogen and oxygen atoms in total. The summed E-state index contributed by atoms with van der Waals surface area (Å²) in [5, 5.41) is 2.06. The molecule has 0 spiro atoms. The van der Waals surface area contributed by atoms with Crippen molar-refractivity contribution in [2.45, 2.75) is 12.3 Å². The Bertz CT molecular complexity index is 1280. The summed E-state index contributed by atoms with van der Waals surface area (Å²) in [5.74, 6) is 2.67. The molecular weight excluding hydrogens is 424 g/mol. The van der Waals surface area contributed by atoms with Gasteiger partial charge in [0.2, 0.25) is 0 Å². The van der Waals surface area contributed by atoms with Crippen LogP contribution >= 0.6 is 12.4 Å². The number of hydrogen-bond donors (Lipinski definition) is 1. The zero-order valence-corrected chi connectivity index (χ0v) is 19.0. The van der Waals surface area contributed by atoms with E-state index in [0.29, 0.717) is 11.6 Å². The number of nitrogens with zero attached hydrogens (tertiary/aromatic N) is 1. The Morgan fingerprint density at radius 2 is 1.44 bits per heavy atom. The summed E-state index contributed by atoms with van der Waals surface area (Å²) in [6.07, 6.45) is 0.803. The predicted molar refractivity (Wildman–Crippen MR) is 130 cm³/mol. The van der Waals surface area contributed by atoms with Crippen LogP contribution in [0.25, 0.3) is 22.0 Å². The number of methoxy groups -OCH3 is 3. The van der Waals surface area contributed by atoms with Crippen molar-refractivity contribution in [1.29, 1.82) is 0 Å². The Morgan fingerprint density at radius 3 is 2.09 bits per heavy atom. The Kier molecular flexibility index (Phi) is 5.85. The highest BCUT2D eigenvalue weighted by molar-refractivity contribution is 5.99. The van der Waals surface area contributed by atoms with E-state index in [-0.39, 0.29) is 18.3 Å². The summed E-state index contributed by atoms with van der Waals surface area (Å²) < 4.78 is 17.1. The third-order valence-corrected chi connectivity index (χ3v) is 6.13. The van der Waals surface area contributed by atoms with Crippen LogP contribution in [0.3, 0.4) is 0 Å². The van der Waals surface area contributed by atoms with Gasteiger partial charge in [-0.3, -0.25) is 0 Å². The Labute approximate surface area is 193 Å². The first-order valence-electron chi connectivity index (χ1n) is 10.2. The number of halogens is 1. The number of rotatable bonds is 4. The van der Waals surface area contributed by atoms with Crippen molar-refractivity contribution in [3.8, 4) is 28.5 Å². The lowest BCUT2D eigenvalue weighted by molar-refractivity contribution is 0.366. The van der Waals surface area contributed by atoms with E-state index in [0.717, 1.165) is 51.1 Å². The number of pyridine rings is 1. The molecule has 6 heteroatoms. The molecule has 0 saturated carbocycles. The summed E-state index contributed by atoms with van der Waals surface area (Å²) in [6.45, 7) is 0. The van der Waals surface area contributed by atoms with Gasteiger partial charge in [0, 0.05) is 34.6 Å². The summed E-state index contributed by atoms with van der Waals surface area (Å²) >= 11 is 0. The van der Waals surface area contributed by atoms with Crippen LogP contribution in [0.4, 0.5) is 5.82 Å². The van der Waals surface area contributed by atoms with Crippen molar-refractivity contribution in [1.82, 2.24) is 4.98 Å². The van der Waals surface area contributed by atoms with Crippen LogP contribution < -0.4 is 19.9 Å². The number of aromatic nitrogens is 1. The molecule has 3 aromatic carbocycles. The van der Waals surface area contributed by atoms with Crippen LogP contribution in [0.2, 0.25) is 0 Å². The molecule has 1 aliphatic carbocycles. The fourth-order valence-corrected chi connectivity index (χ4v) is 4.74. The van der Waals surface area contributed by atoms with E-state index in [9.17, 15) is 0 Å². The van der Waals surface area contributed by atoms with Crippen molar-refractivity contribution < 1.29 is 14.2 Å². The van der Waals surface area contributed by atoms with Gasteiger partial charge in [-0.05, 0) is 22.9 Å².